The first-order valence-electron chi connectivity index (χ1n) is 8.60. The molecular weight excluding hydrogens is 294 g/mol. The molecule has 1 aliphatic heterocycles. The van der Waals surface area contributed by atoms with E-state index in [4.69, 9.17) is 0 Å². The fourth-order valence-electron chi connectivity index (χ4n) is 3.15. The van der Waals surface area contributed by atoms with Gasteiger partial charge in [-0.25, -0.2) is 0 Å². The highest BCUT2D eigenvalue weighted by Crippen LogP contribution is 2.29. The van der Waals surface area contributed by atoms with Crippen LogP contribution in [0, 0.1) is 17.2 Å². The summed E-state index contributed by atoms with van der Waals surface area (Å²) >= 11 is 0. The smallest absolute Gasteiger partial charge is 0.0674 e. The third-order valence-corrected chi connectivity index (χ3v) is 4.45. The maximum atomic E-state index is 9.48. The minimum Gasteiger partial charge on any atom is -0.365 e. The average Bonchev–Trinajstić information content (AvgIpc) is 2.65. The van der Waals surface area contributed by atoms with Crippen molar-refractivity contribution >= 4 is 16.5 Å². The minimum absolute atomic E-state index is 0.0473. The van der Waals surface area contributed by atoms with Crippen molar-refractivity contribution in [3.05, 3.63) is 66.6 Å². The van der Waals surface area contributed by atoms with Crippen molar-refractivity contribution in [3.63, 3.8) is 0 Å². The van der Waals surface area contributed by atoms with E-state index in [1.54, 1.807) is 0 Å². The Kier molecular flexibility index (Phi) is 5.18. The van der Waals surface area contributed by atoms with E-state index in [9.17, 15) is 5.26 Å². The van der Waals surface area contributed by atoms with E-state index in [-0.39, 0.29) is 5.92 Å². The Morgan fingerprint density at radius 1 is 1.17 bits per heavy atom. The van der Waals surface area contributed by atoms with Gasteiger partial charge in [0.15, 0.2) is 0 Å². The summed E-state index contributed by atoms with van der Waals surface area (Å²) in [7, 11) is 0. The van der Waals surface area contributed by atoms with Crippen molar-refractivity contribution in [2.24, 2.45) is 5.92 Å². The molecule has 3 nitrogen and oxygen atoms in total. The van der Waals surface area contributed by atoms with Crippen LogP contribution >= 0.6 is 0 Å². The number of nitrogens with one attached hydrogen (secondary N) is 1. The molecule has 0 aliphatic carbocycles. The summed E-state index contributed by atoms with van der Waals surface area (Å²) in [6, 6.07) is 17.3. The van der Waals surface area contributed by atoms with Crippen LogP contribution in [0.3, 0.4) is 0 Å². The van der Waals surface area contributed by atoms with Crippen LogP contribution in [0.5, 0.6) is 0 Å². The van der Waals surface area contributed by atoms with Gasteiger partial charge in [-0.15, -0.1) is 0 Å². The van der Waals surface area contributed by atoms with Crippen molar-refractivity contribution in [1.82, 2.24) is 10.2 Å². The van der Waals surface area contributed by atoms with Crippen LogP contribution < -0.4 is 5.32 Å². The van der Waals surface area contributed by atoms with Gasteiger partial charge in [0.25, 0.3) is 0 Å². The van der Waals surface area contributed by atoms with E-state index in [1.807, 2.05) is 18.6 Å². The van der Waals surface area contributed by atoms with Gasteiger partial charge in [0, 0.05) is 30.7 Å². The molecule has 2 aromatic rings. The van der Waals surface area contributed by atoms with E-state index < -0.39 is 0 Å². The fraction of sp³-hybridized carbons (Fsp3) is 0.286. The highest BCUT2D eigenvalue weighted by atomic mass is 15.2. The van der Waals surface area contributed by atoms with Crippen LogP contribution in [0.25, 0.3) is 16.5 Å². The Bertz CT molecular complexity index is 793. The second kappa shape index (κ2) is 7.70. The van der Waals surface area contributed by atoms with E-state index in [0.29, 0.717) is 0 Å². The van der Waals surface area contributed by atoms with Crippen molar-refractivity contribution in [2.75, 3.05) is 6.54 Å². The number of hydrogen-bond acceptors (Lipinski definition) is 3. The van der Waals surface area contributed by atoms with Crippen LogP contribution in [-0.2, 0) is 0 Å². The predicted octanol–water partition coefficient (Wildman–Crippen LogP) is 4.84. The molecule has 0 saturated carbocycles. The van der Waals surface area contributed by atoms with Gasteiger partial charge in [0.1, 0.15) is 0 Å². The number of fused-ring (bicyclic) bond motifs is 1. The molecule has 122 valence electrons. The molecule has 0 saturated heterocycles. The van der Waals surface area contributed by atoms with Gasteiger partial charge in [-0.05, 0) is 17.2 Å². The zero-order valence-electron chi connectivity index (χ0n) is 14.1. The minimum atomic E-state index is 0.0473. The number of nitriles is 1. The molecule has 0 spiro atoms. The van der Waals surface area contributed by atoms with Crippen molar-refractivity contribution in [2.45, 2.75) is 26.2 Å². The molecule has 1 unspecified atom stereocenters. The Morgan fingerprint density at radius 2 is 2.00 bits per heavy atom. The van der Waals surface area contributed by atoms with E-state index in [2.05, 4.69) is 65.7 Å². The predicted molar refractivity (Wildman–Crippen MR) is 99.5 cm³/mol. The van der Waals surface area contributed by atoms with E-state index in [1.165, 1.54) is 16.3 Å². The lowest BCUT2D eigenvalue weighted by Gasteiger charge is -2.29. The monoisotopic (exact) mass is 317 g/mol. The molecule has 1 heterocycles. The van der Waals surface area contributed by atoms with Gasteiger partial charge in [-0.3, -0.25) is 0 Å². The lowest BCUT2D eigenvalue weighted by molar-refractivity contribution is 0.421. The molecule has 0 amide bonds. The van der Waals surface area contributed by atoms with Crippen LogP contribution in [0.2, 0.25) is 0 Å². The molecule has 3 rings (SSSR count). The number of hydrogen-bond donors (Lipinski definition) is 1. The van der Waals surface area contributed by atoms with Crippen molar-refractivity contribution < 1.29 is 0 Å². The average molecular weight is 317 g/mol. The first kappa shape index (κ1) is 16.1. The topological polar surface area (TPSA) is 39.1 Å². The summed E-state index contributed by atoms with van der Waals surface area (Å²) in [6.07, 6.45) is 9.16. The second-order valence-corrected chi connectivity index (χ2v) is 6.16. The largest absolute Gasteiger partial charge is 0.365 e. The lowest BCUT2D eigenvalue weighted by Crippen LogP contribution is -2.27. The zero-order chi connectivity index (χ0) is 16.8. The number of rotatable bonds is 6. The molecule has 1 N–H and O–H groups in total. The summed E-state index contributed by atoms with van der Waals surface area (Å²) in [4.78, 5) is 2.20. The van der Waals surface area contributed by atoms with E-state index >= 15 is 0 Å². The van der Waals surface area contributed by atoms with Crippen LogP contribution in [0.4, 0.5) is 0 Å². The molecule has 0 bridgehead atoms. The molecule has 0 aromatic heterocycles. The zero-order valence-corrected chi connectivity index (χ0v) is 14.1. The maximum Gasteiger partial charge on any atom is 0.0674 e. The van der Waals surface area contributed by atoms with Crippen molar-refractivity contribution in [1.29, 1.82) is 5.26 Å². The molecule has 3 heteroatoms. The summed E-state index contributed by atoms with van der Waals surface area (Å²) < 4.78 is 0. The van der Waals surface area contributed by atoms with Gasteiger partial charge in [-0.1, -0.05) is 62.2 Å². The summed E-state index contributed by atoms with van der Waals surface area (Å²) in [5, 5.41) is 15.1. The first-order chi connectivity index (χ1) is 11.8. The van der Waals surface area contributed by atoms with Gasteiger partial charge in [0.2, 0.25) is 0 Å². The van der Waals surface area contributed by atoms with E-state index in [0.717, 1.165) is 31.5 Å². The summed E-state index contributed by atoms with van der Waals surface area (Å²) in [6.45, 7) is 2.89. The normalized spacial score (nSPS) is 14.8. The summed E-state index contributed by atoms with van der Waals surface area (Å²) in [5.41, 5.74) is 2.31. The Morgan fingerprint density at radius 3 is 2.83 bits per heavy atom. The quantitative estimate of drug-likeness (QED) is 0.828. The van der Waals surface area contributed by atoms with Crippen LogP contribution in [0.15, 0.2) is 61.1 Å². The lowest BCUT2D eigenvalue weighted by atomic mass is 9.99. The SMILES string of the molecule is CCCCC(C#N)CN1C=CNC=C1c1cccc2ccccc12. The first-order valence-corrected chi connectivity index (χ1v) is 8.60. The molecule has 0 radical (unpaired) electrons. The fourth-order valence-corrected chi connectivity index (χ4v) is 3.15. The second-order valence-electron chi connectivity index (χ2n) is 6.16. The summed E-state index contributed by atoms with van der Waals surface area (Å²) in [5.74, 6) is 0.0473. The van der Waals surface area contributed by atoms with Gasteiger partial charge in [0.05, 0.1) is 17.7 Å². The Labute approximate surface area is 143 Å². The third kappa shape index (κ3) is 3.44. The van der Waals surface area contributed by atoms with Crippen LogP contribution in [0.1, 0.15) is 31.7 Å². The Balaban J connectivity index is 1.90. The van der Waals surface area contributed by atoms with Crippen LogP contribution in [-0.4, -0.2) is 11.4 Å². The molecule has 24 heavy (non-hydrogen) atoms. The van der Waals surface area contributed by atoms with Gasteiger partial charge in [-0.2, -0.15) is 5.26 Å². The highest BCUT2D eigenvalue weighted by Gasteiger charge is 2.18. The molecule has 2 aromatic carbocycles. The molecule has 1 aliphatic rings. The number of benzene rings is 2. The number of unbranched alkanes of at least 4 members (excludes halogenated alkanes) is 1. The third-order valence-electron chi connectivity index (χ3n) is 4.45. The molecule has 0 fully saturated rings. The molecular formula is C21H23N3. The van der Waals surface area contributed by atoms with Gasteiger partial charge < -0.3 is 10.2 Å². The number of nitrogens with zero attached hydrogens (tertiary/aromatic N) is 2. The van der Waals surface area contributed by atoms with Gasteiger partial charge >= 0.3 is 0 Å². The standard InChI is InChI=1S/C21H23N3/c1-2-3-7-17(14-22)16-24-13-12-23-15-21(24)20-11-6-9-18-8-4-5-10-19(18)20/h4-6,8-13,15,17,23H,2-3,7,16H2,1H3. The molecule has 1 atom stereocenters. The Hall–Kier alpha value is -2.73. The highest BCUT2D eigenvalue weighted by molar-refractivity contribution is 5.93. The maximum absolute atomic E-state index is 9.48. The van der Waals surface area contributed by atoms with Crippen molar-refractivity contribution in [3.8, 4) is 6.07 Å².